The lowest BCUT2D eigenvalue weighted by Gasteiger charge is -2.24. The molecule has 1 fully saturated rings. The number of H-pyrrole nitrogens is 1. The molecule has 0 aliphatic carbocycles. The lowest BCUT2D eigenvalue weighted by atomic mass is 10.0. The maximum atomic E-state index is 13.1. The van der Waals surface area contributed by atoms with Crippen LogP contribution in [0.2, 0.25) is 0 Å². The van der Waals surface area contributed by atoms with E-state index in [2.05, 4.69) is 10.2 Å². The molecule has 1 saturated heterocycles. The monoisotopic (exact) mass is 309 g/mol. The summed E-state index contributed by atoms with van der Waals surface area (Å²) in [5, 5.41) is 7.95. The molecule has 4 rings (SSSR count). The minimum Gasteiger partial charge on any atom is -0.330 e. The van der Waals surface area contributed by atoms with E-state index in [1.807, 2.05) is 29.2 Å². The first kappa shape index (κ1) is 13.9. The molecule has 0 radical (unpaired) electrons. The van der Waals surface area contributed by atoms with Gasteiger partial charge in [0, 0.05) is 11.9 Å². The Labute approximate surface area is 132 Å². The van der Waals surface area contributed by atoms with Gasteiger partial charge in [-0.1, -0.05) is 30.3 Å². The van der Waals surface area contributed by atoms with Crippen molar-refractivity contribution in [3.8, 4) is 0 Å². The molecule has 0 saturated carbocycles. The molecule has 5 heteroatoms. The van der Waals surface area contributed by atoms with E-state index >= 15 is 0 Å². The van der Waals surface area contributed by atoms with Crippen LogP contribution in [0.4, 0.5) is 4.39 Å². The van der Waals surface area contributed by atoms with E-state index in [1.165, 1.54) is 12.1 Å². The lowest BCUT2D eigenvalue weighted by Crippen LogP contribution is -2.31. The Morgan fingerprint density at radius 2 is 1.96 bits per heavy atom. The van der Waals surface area contributed by atoms with Crippen molar-refractivity contribution in [2.45, 2.75) is 18.9 Å². The van der Waals surface area contributed by atoms with Gasteiger partial charge < -0.3 is 4.90 Å². The van der Waals surface area contributed by atoms with Crippen molar-refractivity contribution in [2.75, 3.05) is 6.54 Å². The predicted molar refractivity (Wildman–Crippen MR) is 85.5 cm³/mol. The van der Waals surface area contributed by atoms with Gasteiger partial charge in [0.2, 0.25) is 0 Å². The third-order valence-electron chi connectivity index (χ3n) is 4.44. The number of halogens is 1. The standard InChI is InChI=1S/C18H16FN3O/c19-13-9-7-12(8-10-13)16-6-3-11-22(16)18(23)17-14-4-1-2-5-15(14)20-21-17/h1-2,4-5,7-10,16H,3,6,11H2,(H,20,21)/t16-/m0/s1. The fraction of sp³-hybridized carbons (Fsp3) is 0.222. The first-order valence-corrected chi connectivity index (χ1v) is 7.73. The maximum absolute atomic E-state index is 13.1. The number of nitrogens with zero attached hydrogens (tertiary/aromatic N) is 2. The van der Waals surface area contributed by atoms with E-state index in [-0.39, 0.29) is 17.8 Å². The molecule has 2 heterocycles. The molecular formula is C18H16FN3O. The Balaban J connectivity index is 1.68. The van der Waals surface area contributed by atoms with Crippen LogP contribution in [0, 0.1) is 5.82 Å². The zero-order valence-corrected chi connectivity index (χ0v) is 12.5. The molecular weight excluding hydrogens is 293 g/mol. The number of nitrogens with one attached hydrogen (secondary N) is 1. The van der Waals surface area contributed by atoms with Crippen LogP contribution in [-0.2, 0) is 0 Å². The number of likely N-dealkylation sites (tertiary alicyclic amines) is 1. The first-order chi connectivity index (χ1) is 11.2. The highest BCUT2D eigenvalue weighted by atomic mass is 19.1. The van der Waals surface area contributed by atoms with Crippen LogP contribution >= 0.6 is 0 Å². The van der Waals surface area contributed by atoms with Crippen molar-refractivity contribution in [1.29, 1.82) is 0 Å². The first-order valence-electron chi connectivity index (χ1n) is 7.73. The van der Waals surface area contributed by atoms with Crippen molar-refractivity contribution in [1.82, 2.24) is 15.1 Å². The number of rotatable bonds is 2. The lowest BCUT2D eigenvalue weighted by molar-refractivity contribution is 0.0731. The number of amides is 1. The van der Waals surface area contributed by atoms with Crippen LogP contribution in [-0.4, -0.2) is 27.5 Å². The molecule has 4 nitrogen and oxygen atoms in total. The second-order valence-electron chi connectivity index (χ2n) is 5.83. The summed E-state index contributed by atoms with van der Waals surface area (Å²) in [5.41, 5.74) is 2.28. The minimum absolute atomic E-state index is 0.0152. The molecule has 1 amide bonds. The van der Waals surface area contributed by atoms with E-state index in [9.17, 15) is 9.18 Å². The maximum Gasteiger partial charge on any atom is 0.275 e. The van der Waals surface area contributed by atoms with Gasteiger partial charge in [0.05, 0.1) is 11.6 Å². The molecule has 116 valence electrons. The van der Waals surface area contributed by atoms with Gasteiger partial charge in [-0.25, -0.2) is 4.39 Å². The number of aromatic nitrogens is 2. The van der Waals surface area contributed by atoms with Crippen molar-refractivity contribution >= 4 is 16.8 Å². The van der Waals surface area contributed by atoms with Gasteiger partial charge in [-0.3, -0.25) is 9.89 Å². The number of benzene rings is 2. The second-order valence-corrected chi connectivity index (χ2v) is 5.83. The summed E-state index contributed by atoms with van der Waals surface area (Å²) in [6.45, 7) is 0.696. The molecule has 0 spiro atoms. The number of carbonyl (C=O) groups is 1. The average molecular weight is 309 g/mol. The van der Waals surface area contributed by atoms with Gasteiger partial charge in [0.1, 0.15) is 5.82 Å². The summed E-state index contributed by atoms with van der Waals surface area (Å²) in [4.78, 5) is 14.8. The van der Waals surface area contributed by atoms with Crippen molar-refractivity contribution in [2.24, 2.45) is 0 Å². The molecule has 1 aliphatic heterocycles. The van der Waals surface area contributed by atoms with Gasteiger partial charge in [0.15, 0.2) is 5.69 Å². The third-order valence-corrected chi connectivity index (χ3v) is 4.44. The number of hydrogen-bond acceptors (Lipinski definition) is 2. The zero-order valence-electron chi connectivity index (χ0n) is 12.5. The van der Waals surface area contributed by atoms with E-state index in [0.29, 0.717) is 12.2 Å². The Kier molecular flexibility index (Phi) is 3.33. The van der Waals surface area contributed by atoms with Gasteiger partial charge in [0.25, 0.3) is 5.91 Å². The molecule has 2 aromatic carbocycles. The summed E-state index contributed by atoms with van der Waals surface area (Å²) >= 11 is 0. The second kappa shape index (κ2) is 5.50. The summed E-state index contributed by atoms with van der Waals surface area (Å²) in [6.07, 6.45) is 1.83. The highest BCUT2D eigenvalue weighted by Gasteiger charge is 2.32. The zero-order chi connectivity index (χ0) is 15.8. The van der Waals surface area contributed by atoms with Crippen LogP contribution in [0.3, 0.4) is 0 Å². The summed E-state index contributed by atoms with van der Waals surface area (Å²) < 4.78 is 13.1. The van der Waals surface area contributed by atoms with Crippen molar-refractivity contribution < 1.29 is 9.18 Å². The largest absolute Gasteiger partial charge is 0.330 e. The smallest absolute Gasteiger partial charge is 0.275 e. The number of carbonyl (C=O) groups excluding carboxylic acids is 1. The van der Waals surface area contributed by atoms with E-state index < -0.39 is 0 Å². The Morgan fingerprint density at radius 3 is 2.78 bits per heavy atom. The van der Waals surface area contributed by atoms with E-state index in [4.69, 9.17) is 0 Å². The molecule has 23 heavy (non-hydrogen) atoms. The number of fused-ring (bicyclic) bond motifs is 1. The molecule has 0 unspecified atom stereocenters. The average Bonchev–Trinajstić information content (AvgIpc) is 3.22. The van der Waals surface area contributed by atoms with E-state index in [0.717, 1.165) is 29.3 Å². The van der Waals surface area contributed by atoms with Crippen LogP contribution in [0.1, 0.15) is 34.9 Å². The van der Waals surface area contributed by atoms with Crippen molar-refractivity contribution in [3.05, 3.63) is 65.6 Å². The SMILES string of the molecule is O=C(c1n[nH]c2ccccc12)N1CCC[C@H]1c1ccc(F)cc1. The number of para-hydroxylation sites is 1. The topological polar surface area (TPSA) is 49.0 Å². The molecule has 1 aromatic heterocycles. The Hall–Kier alpha value is -2.69. The number of aromatic amines is 1. The van der Waals surface area contributed by atoms with Crippen molar-refractivity contribution in [3.63, 3.8) is 0 Å². The van der Waals surface area contributed by atoms with Gasteiger partial charge in [-0.05, 0) is 36.6 Å². The van der Waals surface area contributed by atoms with Crippen LogP contribution in [0.25, 0.3) is 10.9 Å². The summed E-state index contributed by atoms with van der Waals surface area (Å²) in [5.74, 6) is -0.336. The highest BCUT2D eigenvalue weighted by Crippen LogP contribution is 2.33. The van der Waals surface area contributed by atoms with E-state index in [1.54, 1.807) is 12.1 Å². The molecule has 1 N–H and O–H groups in total. The third kappa shape index (κ3) is 2.38. The quantitative estimate of drug-likeness (QED) is 0.785. The molecule has 1 atom stereocenters. The molecule has 0 bridgehead atoms. The Morgan fingerprint density at radius 1 is 1.17 bits per heavy atom. The van der Waals surface area contributed by atoms with Crippen LogP contribution < -0.4 is 0 Å². The van der Waals surface area contributed by atoms with Gasteiger partial charge in [-0.15, -0.1) is 0 Å². The minimum atomic E-state index is -0.261. The van der Waals surface area contributed by atoms with Crippen LogP contribution in [0.15, 0.2) is 48.5 Å². The van der Waals surface area contributed by atoms with Gasteiger partial charge >= 0.3 is 0 Å². The highest BCUT2D eigenvalue weighted by molar-refractivity contribution is 6.04. The normalized spacial score (nSPS) is 17.8. The fourth-order valence-corrected chi connectivity index (χ4v) is 3.30. The number of hydrogen-bond donors (Lipinski definition) is 1. The molecule has 3 aromatic rings. The van der Waals surface area contributed by atoms with Crippen LogP contribution in [0.5, 0.6) is 0 Å². The fourth-order valence-electron chi connectivity index (χ4n) is 3.30. The summed E-state index contributed by atoms with van der Waals surface area (Å²) in [6, 6.07) is 14.0. The Bertz CT molecular complexity index is 856. The summed E-state index contributed by atoms with van der Waals surface area (Å²) in [7, 11) is 0. The van der Waals surface area contributed by atoms with Gasteiger partial charge in [-0.2, -0.15) is 5.10 Å². The predicted octanol–water partition coefficient (Wildman–Crippen LogP) is 3.68. The molecule has 1 aliphatic rings.